The second-order valence-corrected chi connectivity index (χ2v) is 7.02. The highest BCUT2D eigenvalue weighted by Gasteiger charge is 2.23. The monoisotopic (exact) mass is 301 g/mol. The third kappa shape index (κ3) is 1.87. The molecule has 102 valence electrons. The van der Waals surface area contributed by atoms with Crippen LogP contribution < -0.4 is 10.1 Å². The van der Waals surface area contributed by atoms with Gasteiger partial charge in [0.1, 0.15) is 5.75 Å². The van der Waals surface area contributed by atoms with Crippen molar-refractivity contribution in [2.45, 2.75) is 12.5 Å². The van der Waals surface area contributed by atoms with Crippen LogP contribution in [-0.2, 0) is 6.42 Å². The summed E-state index contributed by atoms with van der Waals surface area (Å²) in [6.45, 7) is 0.808. The highest BCUT2D eigenvalue weighted by atomic mass is 32.1. The number of benzene rings is 1. The van der Waals surface area contributed by atoms with Gasteiger partial charge >= 0.3 is 0 Å². The Kier molecular flexibility index (Phi) is 3.02. The van der Waals surface area contributed by atoms with E-state index in [9.17, 15) is 0 Å². The first kappa shape index (κ1) is 12.4. The first-order chi connectivity index (χ1) is 9.86. The molecular formula is C16H15NOS2. The average molecular weight is 301 g/mol. The van der Waals surface area contributed by atoms with E-state index in [1.165, 1.54) is 25.4 Å². The third-order valence-corrected chi connectivity index (χ3v) is 5.95. The van der Waals surface area contributed by atoms with Gasteiger partial charge in [0.2, 0.25) is 0 Å². The van der Waals surface area contributed by atoms with Gasteiger partial charge < -0.3 is 10.1 Å². The topological polar surface area (TPSA) is 21.3 Å². The van der Waals surface area contributed by atoms with Crippen LogP contribution >= 0.6 is 22.7 Å². The molecule has 0 fully saturated rings. The molecule has 4 rings (SSSR count). The number of thiophene rings is 2. The molecule has 1 N–H and O–H groups in total. The Morgan fingerprint density at radius 3 is 3.05 bits per heavy atom. The van der Waals surface area contributed by atoms with Crippen LogP contribution in [0.2, 0.25) is 0 Å². The molecule has 0 radical (unpaired) electrons. The van der Waals surface area contributed by atoms with Crippen LogP contribution in [0.5, 0.6) is 5.75 Å². The Morgan fingerprint density at radius 1 is 1.25 bits per heavy atom. The molecule has 0 spiro atoms. The van der Waals surface area contributed by atoms with Crippen LogP contribution in [0, 0.1) is 0 Å². The van der Waals surface area contributed by atoms with Crippen molar-refractivity contribution >= 4 is 32.1 Å². The zero-order chi connectivity index (χ0) is 13.5. The molecule has 0 amide bonds. The van der Waals surface area contributed by atoms with Gasteiger partial charge in [-0.05, 0) is 30.1 Å². The van der Waals surface area contributed by atoms with E-state index in [0.29, 0.717) is 0 Å². The standard InChI is InChI=1S/C16H15NOS2/c1-17-15(14-9-13-12(20-14)6-8-19-13)11-4-2-3-10-5-7-18-16(10)11/h2-4,6,8-9,15,17H,5,7H2,1H3. The molecule has 3 aromatic rings. The van der Waals surface area contributed by atoms with E-state index < -0.39 is 0 Å². The molecule has 0 saturated carbocycles. The summed E-state index contributed by atoms with van der Waals surface area (Å²) >= 11 is 3.68. The van der Waals surface area contributed by atoms with Crippen molar-refractivity contribution in [1.82, 2.24) is 5.32 Å². The van der Waals surface area contributed by atoms with E-state index in [4.69, 9.17) is 4.74 Å². The van der Waals surface area contributed by atoms with E-state index in [1.807, 2.05) is 29.7 Å². The maximum absolute atomic E-state index is 5.86. The van der Waals surface area contributed by atoms with Crippen LogP contribution in [0.1, 0.15) is 22.0 Å². The van der Waals surface area contributed by atoms with Gasteiger partial charge in [0.05, 0.1) is 12.6 Å². The second kappa shape index (κ2) is 4.88. The Balaban J connectivity index is 1.82. The predicted molar refractivity (Wildman–Crippen MR) is 86.2 cm³/mol. The summed E-state index contributed by atoms with van der Waals surface area (Å²) in [6, 6.07) is 11.2. The normalized spacial score (nSPS) is 15.2. The lowest BCUT2D eigenvalue weighted by Gasteiger charge is -2.18. The molecule has 0 saturated heterocycles. The third-order valence-electron chi connectivity index (χ3n) is 3.79. The van der Waals surface area contributed by atoms with Crippen molar-refractivity contribution in [3.05, 3.63) is 51.7 Å². The van der Waals surface area contributed by atoms with Crippen LogP contribution in [0.25, 0.3) is 9.40 Å². The van der Waals surface area contributed by atoms with Crippen molar-refractivity contribution in [3.8, 4) is 5.75 Å². The second-order valence-electron chi connectivity index (χ2n) is 4.95. The minimum Gasteiger partial charge on any atom is -0.493 e. The maximum atomic E-state index is 5.86. The summed E-state index contributed by atoms with van der Waals surface area (Å²) in [7, 11) is 2.02. The molecule has 0 bridgehead atoms. The van der Waals surface area contributed by atoms with E-state index >= 15 is 0 Å². The number of nitrogens with one attached hydrogen (secondary N) is 1. The van der Waals surface area contributed by atoms with Crippen LogP contribution in [-0.4, -0.2) is 13.7 Å². The largest absolute Gasteiger partial charge is 0.493 e. The van der Waals surface area contributed by atoms with Gasteiger partial charge in [0.15, 0.2) is 0 Å². The lowest BCUT2D eigenvalue weighted by molar-refractivity contribution is 0.351. The van der Waals surface area contributed by atoms with Gasteiger partial charge in [-0.2, -0.15) is 0 Å². The van der Waals surface area contributed by atoms with Gasteiger partial charge in [0.25, 0.3) is 0 Å². The highest BCUT2D eigenvalue weighted by molar-refractivity contribution is 7.27. The molecule has 4 heteroatoms. The molecule has 1 unspecified atom stereocenters. The van der Waals surface area contributed by atoms with E-state index in [1.54, 1.807) is 0 Å². The molecule has 20 heavy (non-hydrogen) atoms. The maximum Gasteiger partial charge on any atom is 0.127 e. The zero-order valence-corrected chi connectivity index (χ0v) is 12.8. The van der Waals surface area contributed by atoms with Gasteiger partial charge in [-0.3, -0.25) is 0 Å². The SMILES string of the molecule is CNC(c1cc2sccc2s1)c1cccc2c1OCC2. The molecule has 1 aliphatic rings. The first-order valence-electron chi connectivity index (χ1n) is 6.75. The molecular weight excluding hydrogens is 286 g/mol. The van der Waals surface area contributed by atoms with E-state index in [2.05, 4.69) is 41.0 Å². The molecule has 3 heterocycles. The quantitative estimate of drug-likeness (QED) is 0.782. The summed E-state index contributed by atoms with van der Waals surface area (Å²) in [6.07, 6.45) is 1.03. The fourth-order valence-electron chi connectivity index (χ4n) is 2.85. The molecule has 2 aromatic heterocycles. The van der Waals surface area contributed by atoms with E-state index in [0.717, 1.165) is 18.8 Å². The van der Waals surface area contributed by atoms with E-state index in [-0.39, 0.29) is 6.04 Å². The van der Waals surface area contributed by atoms with Crippen molar-refractivity contribution in [3.63, 3.8) is 0 Å². The Bertz CT molecular complexity index is 730. The van der Waals surface area contributed by atoms with Crippen LogP contribution in [0.3, 0.4) is 0 Å². The van der Waals surface area contributed by atoms with Gasteiger partial charge in [-0.25, -0.2) is 0 Å². The number of para-hydroxylation sites is 1. The summed E-state index contributed by atoms with van der Waals surface area (Å²) in [5, 5.41) is 5.61. The Morgan fingerprint density at radius 2 is 2.20 bits per heavy atom. The lowest BCUT2D eigenvalue weighted by atomic mass is 10.0. The Labute approximate surface area is 126 Å². The number of rotatable bonds is 3. The van der Waals surface area contributed by atoms with Crippen molar-refractivity contribution < 1.29 is 4.74 Å². The van der Waals surface area contributed by atoms with Crippen molar-refractivity contribution in [1.29, 1.82) is 0 Å². The summed E-state index contributed by atoms with van der Waals surface area (Å²) in [4.78, 5) is 1.36. The summed E-state index contributed by atoms with van der Waals surface area (Å²) in [5.74, 6) is 1.09. The minimum atomic E-state index is 0.215. The van der Waals surface area contributed by atoms with Crippen LogP contribution in [0.15, 0.2) is 35.7 Å². The first-order valence-corrected chi connectivity index (χ1v) is 8.45. The minimum absolute atomic E-state index is 0.215. The van der Waals surface area contributed by atoms with Crippen LogP contribution in [0.4, 0.5) is 0 Å². The van der Waals surface area contributed by atoms with Crippen molar-refractivity contribution in [2.24, 2.45) is 0 Å². The van der Waals surface area contributed by atoms with Gasteiger partial charge in [0, 0.05) is 26.3 Å². The molecule has 1 aliphatic heterocycles. The summed E-state index contributed by atoms with van der Waals surface area (Å²) in [5.41, 5.74) is 2.59. The highest BCUT2D eigenvalue weighted by Crippen LogP contribution is 2.40. The average Bonchev–Trinajstić information content (AvgIpc) is 3.14. The smallest absolute Gasteiger partial charge is 0.127 e. The molecule has 2 nitrogen and oxygen atoms in total. The predicted octanol–water partition coefficient (Wildman–Crippen LogP) is 4.21. The number of fused-ring (bicyclic) bond motifs is 2. The number of hydrogen-bond donors (Lipinski definition) is 1. The fraction of sp³-hybridized carbons (Fsp3) is 0.250. The summed E-state index contributed by atoms with van der Waals surface area (Å²) < 4.78 is 8.60. The van der Waals surface area contributed by atoms with Gasteiger partial charge in [-0.15, -0.1) is 22.7 Å². The molecule has 0 aliphatic carbocycles. The van der Waals surface area contributed by atoms with Gasteiger partial charge in [-0.1, -0.05) is 18.2 Å². The fourth-order valence-corrected chi connectivity index (χ4v) is 5.09. The lowest BCUT2D eigenvalue weighted by Crippen LogP contribution is -2.17. The molecule has 1 aromatic carbocycles. The van der Waals surface area contributed by atoms with Crippen molar-refractivity contribution in [2.75, 3.05) is 13.7 Å². The zero-order valence-electron chi connectivity index (χ0n) is 11.2. The number of ether oxygens (including phenoxy) is 1. The number of hydrogen-bond acceptors (Lipinski definition) is 4. The molecule has 1 atom stereocenters. The Hall–Kier alpha value is -1.36.